The predicted molar refractivity (Wildman–Crippen MR) is 96.5 cm³/mol. The highest BCUT2D eigenvalue weighted by molar-refractivity contribution is 7.20. The zero-order valence-electron chi connectivity index (χ0n) is 14.2. The van der Waals surface area contributed by atoms with Gasteiger partial charge in [-0.3, -0.25) is 13.9 Å². The fourth-order valence-corrected chi connectivity index (χ4v) is 4.17. The van der Waals surface area contributed by atoms with Crippen molar-refractivity contribution in [2.45, 2.75) is 38.8 Å². The molecule has 2 aromatic heterocycles. The summed E-state index contributed by atoms with van der Waals surface area (Å²) in [6.07, 6.45) is 4.54. The first-order valence-corrected chi connectivity index (χ1v) is 8.89. The Hall–Kier alpha value is -1.93. The average molecular weight is 350 g/mol. The van der Waals surface area contributed by atoms with Gasteiger partial charge in [0.05, 0.1) is 29.6 Å². The molecule has 1 aliphatic carbocycles. The molecule has 0 unspecified atom stereocenters. The lowest BCUT2D eigenvalue weighted by Gasteiger charge is -2.27. The van der Waals surface area contributed by atoms with Crippen LogP contribution < -0.4 is 16.7 Å². The normalized spacial score (nSPS) is 15.3. The summed E-state index contributed by atoms with van der Waals surface area (Å²) in [5.41, 5.74) is 3.18. The third kappa shape index (κ3) is 2.69. The van der Waals surface area contributed by atoms with E-state index < -0.39 is 0 Å². The second kappa shape index (κ2) is 6.90. The fourth-order valence-electron chi connectivity index (χ4n) is 2.97. The van der Waals surface area contributed by atoms with Crippen LogP contribution in [0.25, 0.3) is 10.2 Å². The molecule has 0 aromatic carbocycles. The van der Waals surface area contributed by atoms with E-state index in [1.165, 1.54) is 15.9 Å². The van der Waals surface area contributed by atoms with Gasteiger partial charge in [0.15, 0.2) is 0 Å². The summed E-state index contributed by atoms with van der Waals surface area (Å²) >= 11 is 1.42. The van der Waals surface area contributed by atoms with Crippen LogP contribution >= 0.6 is 11.3 Å². The molecule has 0 amide bonds. The quantitative estimate of drug-likeness (QED) is 0.632. The number of thiophene rings is 1. The molecule has 1 N–H and O–H groups in total. The number of hydrogen-bond donors (Lipinski definition) is 1. The second-order valence-electron chi connectivity index (χ2n) is 5.94. The minimum atomic E-state index is -0.229. The molecule has 1 saturated carbocycles. The van der Waals surface area contributed by atoms with E-state index in [2.05, 4.69) is 10.5 Å². The van der Waals surface area contributed by atoms with Gasteiger partial charge in [-0.05, 0) is 31.7 Å². The first-order chi connectivity index (χ1) is 11.6. The van der Waals surface area contributed by atoms with Gasteiger partial charge < -0.3 is 10.2 Å². The first kappa shape index (κ1) is 16.9. The van der Waals surface area contributed by atoms with Crippen LogP contribution in [0.15, 0.2) is 14.7 Å². The van der Waals surface area contributed by atoms with Crippen molar-refractivity contribution >= 4 is 27.8 Å². The Morgan fingerprint density at radius 1 is 1.42 bits per heavy atom. The van der Waals surface area contributed by atoms with Crippen LogP contribution in [0.1, 0.15) is 35.7 Å². The molecule has 0 saturated heterocycles. The largest absolute Gasteiger partial charge is 0.383 e. The van der Waals surface area contributed by atoms with Gasteiger partial charge in [-0.15, -0.1) is 11.3 Å². The van der Waals surface area contributed by atoms with Gasteiger partial charge in [-0.1, -0.05) is 0 Å². The van der Waals surface area contributed by atoms with E-state index in [4.69, 9.17) is 4.74 Å². The van der Waals surface area contributed by atoms with Gasteiger partial charge >= 0.3 is 5.69 Å². The van der Waals surface area contributed by atoms with Crippen LogP contribution in [0.5, 0.6) is 0 Å². The SMILES string of the molecule is CN/N=C/c1sc2c(c1C)c(=O)n(C1CCC1)c(=O)n2CCOC. The summed E-state index contributed by atoms with van der Waals surface area (Å²) in [5.74, 6) is 0. The van der Waals surface area contributed by atoms with Crippen molar-refractivity contribution in [3.05, 3.63) is 31.3 Å². The molecule has 1 aliphatic rings. The number of nitrogens with zero attached hydrogens (tertiary/aromatic N) is 3. The number of nitrogens with one attached hydrogen (secondary N) is 1. The Bertz CT molecular complexity index is 889. The Kier molecular flexibility index (Phi) is 4.86. The number of aryl methyl sites for hydroxylation is 1. The van der Waals surface area contributed by atoms with E-state index >= 15 is 0 Å². The molecule has 0 spiro atoms. The van der Waals surface area contributed by atoms with Crippen LogP contribution in [0, 0.1) is 6.92 Å². The molecular formula is C16H22N4O3S. The Labute approximate surface area is 143 Å². The van der Waals surface area contributed by atoms with E-state index in [-0.39, 0.29) is 17.3 Å². The lowest BCUT2D eigenvalue weighted by atomic mass is 9.93. The van der Waals surface area contributed by atoms with E-state index in [9.17, 15) is 9.59 Å². The van der Waals surface area contributed by atoms with Gasteiger partial charge in [-0.25, -0.2) is 4.79 Å². The molecule has 8 heteroatoms. The van der Waals surface area contributed by atoms with Gasteiger partial charge in [0.25, 0.3) is 5.56 Å². The Morgan fingerprint density at radius 2 is 2.17 bits per heavy atom. The third-order valence-electron chi connectivity index (χ3n) is 4.55. The zero-order valence-corrected chi connectivity index (χ0v) is 15.0. The highest BCUT2D eigenvalue weighted by Gasteiger charge is 2.27. The molecule has 3 rings (SSSR count). The van der Waals surface area contributed by atoms with Gasteiger partial charge in [-0.2, -0.15) is 5.10 Å². The maximum Gasteiger partial charge on any atom is 0.332 e. The molecule has 0 aliphatic heterocycles. The van der Waals surface area contributed by atoms with Gasteiger partial charge in [0, 0.05) is 20.2 Å². The van der Waals surface area contributed by atoms with Crippen LogP contribution in [0.2, 0.25) is 0 Å². The van der Waals surface area contributed by atoms with Crippen molar-refractivity contribution in [3.8, 4) is 0 Å². The maximum atomic E-state index is 13.0. The first-order valence-electron chi connectivity index (χ1n) is 8.07. The number of rotatable bonds is 6. The summed E-state index contributed by atoms with van der Waals surface area (Å²) in [4.78, 5) is 27.5. The molecule has 0 radical (unpaired) electrons. The van der Waals surface area contributed by atoms with Gasteiger partial charge in [0.2, 0.25) is 0 Å². The average Bonchev–Trinajstić information content (AvgIpc) is 2.84. The standard InChI is InChI=1S/C16H22N4O3S/c1-10-12(9-18-17-2)24-15-13(10)14(21)20(11-5-4-6-11)16(22)19(15)7-8-23-3/h9,11,17H,4-8H2,1-3H3/b18-9+. The van der Waals surface area contributed by atoms with E-state index in [0.29, 0.717) is 23.4 Å². The molecule has 0 bridgehead atoms. The highest BCUT2D eigenvalue weighted by atomic mass is 32.1. The van der Waals surface area contributed by atoms with Crippen LogP contribution in [-0.2, 0) is 11.3 Å². The summed E-state index contributed by atoms with van der Waals surface area (Å²) in [6.45, 7) is 2.77. The van der Waals surface area contributed by atoms with Crippen LogP contribution in [0.4, 0.5) is 0 Å². The second-order valence-corrected chi connectivity index (χ2v) is 6.97. The molecule has 7 nitrogen and oxygen atoms in total. The fraction of sp³-hybridized carbons (Fsp3) is 0.562. The molecule has 2 heterocycles. The number of fused-ring (bicyclic) bond motifs is 1. The van der Waals surface area contributed by atoms with Crippen molar-refractivity contribution in [3.63, 3.8) is 0 Å². The minimum absolute atomic E-state index is 0.0249. The summed E-state index contributed by atoms with van der Waals surface area (Å²) in [7, 11) is 3.33. The maximum absolute atomic E-state index is 13.0. The number of ether oxygens (including phenoxy) is 1. The summed E-state index contributed by atoms with van der Waals surface area (Å²) in [5, 5.41) is 4.67. The minimum Gasteiger partial charge on any atom is -0.383 e. The Morgan fingerprint density at radius 3 is 2.75 bits per heavy atom. The van der Waals surface area contributed by atoms with Crippen molar-refractivity contribution in [1.29, 1.82) is 0 Å². The number of methoxy groups -OCH3 is 1. The molecule has 130 valence electrons. The number of hydrogen-bond acceptors (Lipinski definition) is 6. The van der Waals surface area contributed by atoms with Crippen LogP contribution in [0.3, 0.4) is 0 Å². The van der Waals surface area contributed by atoms with Crippen molar-refractivity contribution < 1.29 is 4.74 Å². The molecule has 0 atom stereocenters. The molecule has 1 fully saturated rings. The topological polar surface area (TPSA) is 77.6 Å². The zero-order chi connectivity index (χ0) is 17.3. The Balaban J connectivity index is 2.30. The van der Waals surface area contributed by atoms with E-state index in [1.807, 2.05) is 6.92 Å². The monoisotopic (exact) mass is 350 g/mol. The van der Waals surface area contributed by atoms with Crippen LogP contribution in [-0.4, -0.2) is 36.1 Å². The van der Waals surface area contributed by atoms with Crippen molar-refractivity contribution in [2.75, 3.05) is 20.8 Å². The van der Waals surface area contributed by atoms with Gasteiger partial charge in [0.1, 0.15) is 4.83 Å². The molecule has 24 heavy (non-hydrogen) atoms. The summed E-state index contributed by atoms with van der Waals surface area (Å²) < 4.78 is 8.26. The number of aromatic nitrogens is 2. The van der Waals surface area contributed by atoms with Crippen molar-refractivity contribution in [1.82, 2.24) is 14.6 Å². The smallest absolute Gasteiger partial charge is 0.332 e. The van der Waals surface area contributed by atoms with E-state index in [0.717, 1.165) is 29.7 Å². The lowest BCUT2D eigenvalue weighted by molar-refractivity contribution is 0.185. The summed E-state index contributed by atoms with van der Waals surface area (Å²) in [6, 6.07) is 0.0249. The molecule has 2 aromatic rings. The lowest BCUT2D eigenvalue weighted by Crippen LogP contribution is -2.44. The predicted octanol–water partition coefficient (Wildman–Crippen LogP) is 1.46. The number of hydrazone groups is 1. The van der Waals surface area contributed by atoms with Crippen molar-refractivity contribution in [2.24, 2.45) is 5.10 Å². The highest BCUT2D eigenvalue weighted by Crippen LogP contribution is 2.31. The van der Waals surface area contributed by atoms with E-state index in [1.54, 1.807) is 24.9 Å². The third-order valence-corrected chi connectivity index (χ3v) is 5.80. The molecular weight excluding hydrogens is 328 g/mol.